The smallest absolute Gasteiger partial charge is 0.154 e. The van der Waals surface area contributed by atoms with Gasteiger partial charge in [-0.2, -0.15) is 0 Å². The molecule has 7 heavy (non-hydrogen) atoms. The van der Waals surface area contributed by atoms with E-state index >= 15 is 0 Å². The van der Waals surface area contributed by atoms with Gasteiger partial charge in [0.05, 0.1) is 0 Å². The van der Waals surface area contributed by atoms with Crippen molar-refractivity contribution in [1.29, 1.82) is 0 Å². The zero-order valence-corrected chi connectivity index (χ0v) is 3.84. The van der Waals surface area contributed by atoms with Gasteiger partial charge in [0.2, 0.25) is 0 Å². The molecule has 1 rings (SSSR count). The molecule has 0 bridgehead atoms. The Morgan fingerprint density at radius 3 is 2.71 bits per heavy atom. The van der Waals surface area contributed by atoms with Crippen LogP contribution in [0.15, 0.2) is 10.6 Å². The molecule has 38 valence electrons. The average molecular weight is 98.1 g/mol. The molecule has 0 spiro atoms. The molecule has 0 aliphatic rings. The van der Waals surface area contributed by atoms with Crippen molar-refractivity contribution in [2.75, 3.05) is 0 Å². The van der Waals surface area contributed by atoms with Gasteiger partial charge in [0.15, 0.2) is 6.08 Å². The standard InChI is InChI=1S/C4H5NO2/c1-3-2-5-4(6)7-3/h2H,1H3,(H,5,6)/p-1. The molecule has 3 heteroatoms. The summed E-state index contributed by atoms with van der Waals surface area (Å²) in [5.74, 6) is 0.560. The van der Waals surface area contributed by atoms with Crippen LogP contribution < -0.4 is 5.11 Å². The molecular weight excluding hydrogens is 94.0 g/mol. The van der Waals surface area contributed by atoms with E-state index in [1.54, 1.807) is 6.92 Å². The zero-order valence-electron chi connectivity index (χ0n) is 3.84. The van der Waals surface area contributed by atoms with E-state index in [1.807, 2.05) is 0 Å². The third kappa shape index (κ3) is 0.707. The lowest BCUT2D eigenvalue weighted by Gasteiger charge is -1.86. The average Bonchev–Trinajstić information content (AvgIpc) is 1.87. The van der Waals surface area contributed by atoms with Crippen LogP contribution >= 0.6 is 0 Å². The van der Waals surface area contributed by atoms with Gasteiger partial charge in [-0.1, -0.05) is 0 Å². The van der Waals surface area contributed by atoms with E-state index in [0.717, 1.165) is 0 Å². The highest BCUT2D eigenvalue weighted by molar-refractivity contribution is 4.90. The van der Waals surface area contributed by atoms with Gasteiger partial charge in [0.1, 0.15) is 0 Å². The lowest BCUT2D eigenvalue weighted by Crippen LogP contribution is -1.86. The van der Waals surface area contributed by atoms with Gasteiger partial charge in [-0.3, -0.25) is 0 Å². The predicted octanol–water partition coefficient (Wildman–Crippen LogP) is 0.0566. The van der Waals surface area contributed by atoms with Crippen LogP contribution in [-0.4, -0.2) is 4.98 Å². The first kappa shape index (κ1) is 4.18. The van der Waals surface area contributed by atoms with Crippen LogP contribution in [0.1, 0.15) is 5.76 Å². The van der Waals surface area contributed by atoms with Crippen molar-refractivity contribution in [3.8, 4) is 6.08 Å². The molecule has 0 amide bonds. The topological polar surface area (TPSA) is 49.1 Å². The van der Waals surface area contributed by atoms with Gasteiger partial charge >= 0.3 is 0 Å². The van der Waals surface area contributed by atoms with Crippen molar-refractivity contribution < 1.29 is 9.52 Å². The summed E-state index contributed by atoms with van der Waals surface area (Å²) in [6.45, 7) is 1.67. The molecule has 0 radical (unpaired) electrons. The second-order valence-corrected chi connectivity index (χ2v) is 1.24. The van der Waals surface area contributed by atoms with Crippen LogP contribution in [0.2, 0.25) is 0 Å². The zero-order chi connectivity index (χ0) is 5.28. The van der Waals surface area contributed by atoms with Gasteiger partial charge in [-0.05, 0) is 6.92 Å². The Labute approximate surface area is 40.6 Å². The van der Waals surface area contributed by atoms with E-state index in [4.69, 9.17) is 0 Å². The molecule has 0 fully saturated rings. The van der Waals surface area contributed by atoms with Crippen LogP contribution in [0.4, 0.5) is 0 Å². The Bertz CT molecular complexity index is 142. The summed E-state index contributed by atoms with van der Waals surface area (Å²) in [5, 5.41) is 10.0. The van der Waals surface area contributed by atoms with Gasteiger partial charge in [0.25, 0.3) is 0 Å². The molecule has 1 aromatic heterocycles. The molecule has 0 atom stereocenters. The highest BCUT2D eigenvalue weighted by Crippen LogP contribution is 2.01. The molecule has 0 aliphatic carbocycles. The molecule has 0 aromatic carbocycles. The first-order valence-corrected chi connectivity index (χ1v) is 1.88. The van der Waals surface area contributed by atoms with Crippen molar-refractivity contribution in [2.45, 2.75) is 6.92 Å². The number of nitrogens with zero attached hydrogens (tertiary/aromatic N) is 1. The van der Waals surface area contributed by atoms with Crippen LogP contribution in [0.3, 0.4) is 0 Å². The van der Waals surface area contributed by atoms with Gasteiger partial charge < -0.3 is 9.52 Å². The minimum absolute atomic E-state index is 0.516. The van der Waals surface area contributed by atoms with E-state index in [2.05, 4.69) is 9.40 Å². The maximum Gasteiger partial charge on any atom is 0.154 e. The fourth-order valence-electron chi connectivity index (χ4n) is 0.334. The number of hydrogen-bond acceptors (Lipinski definition) is 3. The Balaban J connectivity index is 3.04. The molecule has 1 heterocycles. The minimum atomic E-state index is -0.516. The van der Waals surface area contributed by atoms with E-state index in [1.165, 1.54) is 6.20 Å². The van der Waals surface area contributed by atoms with Gasteiger partial charge in [-0.15, -0.1) is 0 Å². The largest absolute Gasteiger partial charge is 0.569 e. The summed E-state index contributed by atoms with van der Waals surface area (Å²) in [6, 6.07) is 0. The number of aryl methyl sites for hydroxylation is 1. The summed E-state index contributed by atoms with van der Waals surface area (Å²) >= 11 is 0. The first-order chi connectivity index (χ1) is 3.29. The van der Waals surface area contributed by atoms with Crippen LogP contribution in [0, 0.1) is 6.92 Å². The summed E-state index contributed by atoms with van der Waals surface area (Å²) in [5.41, 5.74) is 0. The quantitative estimate of drug-likeness (QED) is 0.461. The van der Waals surface area contributed by atoms with Crippen molar-refractivity contribution in [3.05, 3.63) is 12.0 Å². The summed E-state index contributed by atoms with van der Waals surface area (Å²) in [7, 11) is 0. The number of hydrogen-bond donors (Lipinski definition) is 0. The number of oxazole rings is 1. The third-order valence-electron chi connectivity index (χ3n) is 0.600. The second-order valence-electron chi connectivity index (χ2n) is 1.24. The van der Waals surface area contributed by atoms with E-state index in [9.17, 15) is 5.11 Å². The van der Waals surface area contributed by atoms with Crippen molar-refractivity contribution in [3.63, 3.8) is 0 Å². The lowest BCUT2D eigenvalue weighted by atomic mass is 10.6. The molecule has 1 aromatic rings. The van der Waals surface area contributed by atoms with Gasteiger partial charge in [0, 0.05) is 12.0 Å². The summed E-state index contributed by atoms with van der Waals surface area (Å²) in [6.07, 6.45) is 0.875. The van der Waals surface area contributed by atoms with E-state index in [0.29, 0.717) is 5.76 Å². The molecular formula is C4H4NO2-. The van der Waals surface area contributed by atoms with Crippen LogP contribution in [0.5, 0.6) is 6.08 Å². The Morgan fingerprint density at radius 2 is 2.57 bits per heavy atom. The summed E-state index contributed by atoms with van der Waals surface area (Å²) in [4.78, 5) is 3.29. The fraction of sp³-hybridized carbons (Fsp3) is 0.250. The molecule has 0 saturated heterocycles. The van der Waals surface area contributed by atoms with Crippen LogP contribution in [0.25, 0.3) is 0 Å². The fourth-order valence-corrected chi connectivity index (χ4v) is 0.334. The SMILES string of the molecule is Cc1cnc([O-])o1. The molecule has 0 saturated carbocycles. The molecule has 3 nitrogen and oxygen atoms in total. The maximum atomic E-state index is 10.0. The Hall–Kier alpha value is -0.990. The first-order valence-electron chi connectivity index (χ1n) is 1.88. The van der Waals surface area contributed by atoms with Crippen molar-refractivity contribution in [2.24, 2.45) is 0 Å². The summed E-state index contributed by atoms with van der Waals surface area (Å²) < 4.78 is 4.42. The molecule has 0 aliphatic heterocycles. The molecule has 0 N–H and O–H groups in total. The lowest BCUT2D eigenvalue weighted by molar-refractivity contribution is -0.301. The highest BCUT2D eigenvalue weighted by Gasteiger charge is 1.78. The number of rotatable bonds is 0. The highest BCUT2D eigenvalue weighted by atomic mass is 16.5. The van der Waals surface area contributed by atoms with Crippen molar-refractivity contribution >= 4 is 0 Å². The minimum Gasteiger partial charge on any atom is -0.569 e. The Morgan fingerprint density at radius 1 is 1.86 bits per heavy atom. The predicted molar refractivity (Wildman–Crippen MR) is 20.7 cm³/mol. The van der Waals surface area contributed by atoms with Crippen LogP contribution in [-0.2, 0) is 0 Å². The Kier molecular flexibility index (Phi) is 0.749. The maximum absolute atomic E-state index is 10.0. The number of aromatic nitrogens is 1. The van der Waals surface area contributed by atoms with E-state index in [-0.39, 0.29) is 0 Å². The van der Waals surface area contributed by atoms with E-state index < -0.39 is 6.08 Å². The second kappa shape index (κ2) is 1.26. The van der Waals surface area contributed by atoms with Crippen molar-refractivity contribution in [1.82, 2.24) is 4.98 Å². The normalized spacial score (nSPS) is 9.29. The van der Waals surface area contributed by atoms with Gasteiger partial charge in [-0.25, -0.2) is 4.98 Å². The molecule has 0 unspecified atom stereocenters. The monoisotopic (exact) mass is 98.0 g/mol. The third-order valence-corrected chi connectivity index (χ3v) is 0.600.